The third kappa shape index (κ3) is 1.40. The van der Waals surface area contributed by atoms with Crippen molar-refractivity contribution < 1.29 is 19.6 Å². The van der Waals surface area contributed by atoms with Crippen LogP contribution in [0.5, 0.6) is 0 Å². The largest absolute Gasteiger partial charge is 0.492 e. The van der Waals surface area contributed by atoms with E-state index in [1.54, 1.807) is 6.07 Å². The SMILES string of the molecule is O=C(O)c1cccc2c1B(O)OCC2. The molecule has 0 unspecified atom stereocenters. The van der Waals surface area contributed by atoms with Gasteiger partial charge in [0.15, 0.2) is 0 Å². The first kappa shape index (κ1) is 9.24. The first-order chi connectivity index (χ1) is 6.70. The van der Waals surface area contributed by atoms with Crippen LogP contribution in [-0.2, 0) is 11.1 Å². The van der Waals surface area contributed by atoms with Gasteiger partial charge < -0.3 is 14.8 Å². The quantitative estimate of drug-likeness (QED) is 0.596. The Morgan fingerprint density at radius 3 is 3.00 bits per heavy atom. The van der Waals surface area contributed by atoms with Crippen LogP contribution >= 0.6 is 0 Å². The smallest absolute Gasteiger partial charge is 0.478 e. The number of hydrogen-bond donors (Lipinski definition) is 2. The Labute approximate surface area is 81.3 Å². The Morgan fingerprint density at radius 1 is 1.50 bits per heavy atom. The van der Waals surface area contributed by atoms with E-state index in [1.807, 2.05) is 6.07 Å². The van der Waals surface area contributed by atoms with Gasteiger partial charge in [0.2, 0.25) is 0 Å². The first-order valence-electron chi connectivity index (χ1n) is 4.35. The molecule has 14 heavy (non-hydrogen) atoms. The normalized spacial score (nSPS) is 15.1. The van der Waals surface area contributed by atoms with Crippen LogP contribution in [0.4, 0.5) is 0 Å². The second-order valence-corrected chi connectivity index (χ2v) is 3.16. The van der Waals surface area contributed by atoms with Crippen LogP contribution < -0.4 is 5.46 Å². The highest BCUT2D eigenvalue weighted by Crippen LogP contribution is 2.10. The maximum atomic E-state index is 10.9. The molecule has 1 aliphatic heterocycles. The number of carboxylic acids is 1. The molecule has 0 fully saturated rings. The highest BCUT2D eigenvalue weighted by molar-refractivity contribution is 6.62. The molecule has 1 aromatic carbocycles. The maximum Gasteiger partial charge on any atom is 0.492 e. The minimum Gasteiger partial charge on any atom is -0.478 e. The summed E-state index contributed by atoms with van der Waals surface area (Å²) < 4.78 is 4.99. The van der Waals surface area contributed by atoms with Gasteiger partial charge in [0.05, 0.1) is 5.56 Å². The highest BCUT2D eigenvalue weighted by Gasteiger charge is 2.29. The van der Waals surface area contributed by atoms with E-state index in [9.17, 15) is 9.82 Å². The molecular formula is C9H9BO4. The van der Waals surface area contributed by atoms with Gasteiger partial charge >= 0.3 is 13.1 Å². The standard InChI is InChI=1S/C9H9BO4/c11-9(12)7-3-1-2-6-4-5-14-10(13)8(6)7/h1-3,13H,4-5H2,(H,11,12). The van der Waals surface area contributed by atoms with Crippen molar-refractivity contribution in [2.24, 2.45) is 0 Å². The number of benzene rings is 1. The fraction of sp³-hybridized carbons (Fsp3) is 0.222. The molecule has 0 radical (unpaired) electrons. The molecule has 0 bridgehead atoms. The van der Waals surface area contributed by atoms with E-state index in [0.717, 1.165) is 5.56 Å². The Hall–Kier alpha value is -1.33. The van der Waals surface area contributed by atoms with Crippen LogP contribution in [0.15, 0.2) is 18.2 Å². The van der Waals surface area contributed by atoms with Gasteiger partial charge in [0.25, 0.3) is 0 Å². The summed E-state index contributed by atoms with van der Waals surface area (Å²) in [6, 6.07) is 4.97. The molecule has 1 aromatic rings. The Kier molecular flexibility index (Phi) is 2.27. The fourth-order valence-corrected chi connectivity index (χ4v) is 1.67. The van der Waals surface area contributed by atoms with Crippen LogP contribution in [-0.4, -0.2) is 29.8 Å². The molecule has 0 aliphatic carbocycles. The molecular weight excluding hydrogens is 183 g/mol. The van der Waals surface area contributed by atoms with E-state index in [2.05, 4.69) is 0 Å². The summed E-state index contributed by atoms with van der Waals surface area (Å²) in [4.78, 5) is 10.9. The van der Waals surface area contributed by atoms with Crippen LogP contribution in [0.2, 0.25) is 0 Å². The van der Waals surface area contributed by atoms with E-state index >= 15 is 0 Å². The highest BCUT2D eigenvalue weighted by atomic mass is 16.5. The van der Waals surface area contributed by atoms with Crippen molar-refractivity contribution in [3.05, 3.63) is 29.3 Å². The molecule has 2 N–H and O–H groups in total. The summed E-state index contributed by atoms with van der Waals surface area (Å²) in [5.41, 5.74) is 1.37. The topological polar surface area (TPSA) is 66.8 Å². The van der Waals surface area contributed by atoms with Crippen molar-refractivity contribution in [3.8, 4) is 0 Å². The van der Waals surface area contributed by atoms with E-state index in [4.69, 9.17) is 9.76 Å². The van der Waals surface area contributed by atoms with Gasteiger partial charge in [-0.3, -0.25) is 0 Å². The zero-order chi connectivity index (χ0) is 10.1. The summed E-state index contributed by atoms with van der Waals surface area (Å²) in [5.74, 6) is -1.04. The van der Waals surface area contributed by atoms with Gasteiger partial charge in [-0.25, -0.2) is 4.79 Å². The van der Waals surface area contributed by atoms with Crippen LogP contribution in [0.25, 0.3) is 0 Å². The van der Waals surface area contributed by atoms with Gasteiger partial charge in [-0.15, -0.1) is 0 Å². The molecule has 1 heterocycles. The van der Waals surface area contributed by atoms with Gasteiger partial charge in [-0.1, -0.05) is 12.1 Å². The number of hydrogen-bond acceptors (Lipinski definition) is 3. The predicted octanol–water partition coefficient (Wildman–Crippen LogP) is -0.355. The summed E-state index contributed by atoms with van der Waals surface area (Å²) >= 11 is 0. The van der Waals surface area contributed by atoms with Crippen molar-refractivity contribution in [2.45, 2.75) is 6.42 Å². The number of carboxylic acid groups (broad SMARTS) is 1. The minimum absolute atomic E-state index is 0.120. The van der Waals surface area contributed by atoms with E-state index in [1.165, 1.54) is 6.07 Å². The van der Waals surface area contributed by atoms with Crippen molar-refractivity contribution in [2.75, 3.05) is 6.61 Å². The monoisotopic (exact) mass is 192 g/mol. The summed E-state index contributed by atoms with van der Waals surface area (Å²) in [7, 11) is -1.11. The summed E-state index contributed by atoms with van der Waals surface area (Å²) in [5, 5.41) is 18.4. The molecule has 0 aromatic heterocycles. The molecule has 5 heteroatoms. The van der Waals surface area contributed by atoms with Crippen molar-refractivity contribution in [1.82, 2.24) is 0 Å². The van der Waals surface area contributed by atoms with Crippen LogP contribution in [0.3, 0.4) is 0 Å². The zero-order valence-corrected chi connectivity index (χ0v) is 7.43. The number of aromatic carboxylic acids is 1. The van der Waals surface area contributed by atoms with E-state index in [0.29, 0.717) is 18.5 Å². The van der Waals surface area contributed by atoms with Crippen molar-refractivity contribution in [1.29, 1.82) is 0 Å². The molecule has 0 amide bonds. The second kappa shape index (κ2) is 3.44. The maximum absolute atomic E-state index is 10.9. The van der Waals surface area contributed by atoms with Crippen molar-refractivity contribution in [3.63, 3.8) is 0 Å². The lowest BCUT2D eigenvalue weighted by atomic mass is 9.71. The number of carbonyl (C=O) groups is 1. The molecule has 0 spiro atoms. The van der Waals surface area contributed by atoms with Gasteiger partial charge in [-0.2, -0.15) is 0 Å². The average Bonchev–Trinajstić information content (AvgIpc) is 2.17. The lowest BCUT2D eigenvalue weighted by molar-refractivity contribution is 0.0697. The average molecular weight is 192 g/mol. The zero-order valence-electron chi connectivity index (χ0n) is 7.43. The van der Waals surface area contributed by atoms with E-state index in [-0.39, 0.29) is 5.56 Å². The fourth-order valence-electron chi connectivity index (χ4n) is 1.67. The molecule has 0 saturated carbocycles. The second-order valence-electron chi connectivity index (χ2n) is 3.16. The molecule has 72 valence electrons. The summed E-state index contributed by atoms with van der Waals surface area (Å²) in [6.45, 7) is 0.428. The Balaban J connectivity index is 2.57. The molecule has 0 atom stereocenters. The number of fused-ring (bicyclic) bond motifs is 1. The Morgan fingerprint density at radius 2 is 2.29 bits per heavy atom. The molecule has 1 aliphatic rings. The number of rotatable bonds is 1. The Bertz CT molecular complexity index is 377. The van der Waals surface area contributed by atoms with Crippen LogP contribution in [0, 0.1) is 0 Å². The lowest BCUT2D eigenvalue weighted by Gasteiger charge is -2.20. The third-order valence-corrected chi connectivity index (χ3v) is 2.32. The van der Waals surface area contributed by atoms with Gasteiger partial charge in [-0.05, 0) is 23.5 Å². The molecule has 4 nitrogen and oxygen atoms in total. The van der Waals surface area contributed by atoms with Crippen LogP contribution in [0.1, 0.15) is 15.9 Å². The van der Waals surface area contributed by atoms with Gasteiger partial charge in [0, 0.05) is 6.61 Å². The van der Waals surface area contributed by atoms with Gasteiger partial charge in [0.1, 0.15) is 0 Å². The molecule has 0 saturated heterocycles. The van der Waals surface area contributed by atoms with E-state index < -0.39 is 13.1 Å². The minimum atomic E-state index is -1.11. The molecule has 2 rings (SSSR count). The van der Waals surface area contributed by atoms with Crippen molar-refractivity contribution >= 4 is 18.6 Å². The third-order valence-electron chi connectivity index (χ3n) is 2.32. The predicted molar refractivity (Wildman–Crippen MR) is 50.7 cm³/mol. The summed E-state index contributed by atoms with van der Waals surface area (Å²) in [6.07, 6.45) is 0.646. The lowest BCUT2D eigenvalue weighted by Crippen LogP contribution is -2.44. The first-order valence-corrected chi connectivity index (χ1v) is 4.35.